The number of hydrogen-bond acceptors (Lipinski definition) is 3. The average molecular weight is 253 g/mol. The van der Waals surface area contributed by atoms with Crippen LogP contribution < -0.4 is 11.1 Å². The summed E-state index contributed by atoms with van der Waals surface area (Å²) in [5, 5.41) is 3.10. The number of piperidine rings is 1. The first-order valence-electron chi connectivity index (χ1n) is 7.32. The van der Waals surface area contributed by atoms with Crippen LogP contribution in [-0.2, 0) is 4.79 Å². The topological polar surface area (TPSA) is 58.4 Å². The fourth-order valence-electron chi connectivity index (χ4n) is 3.17. The molecule has 1 atom stereocenters. The molecule has 0 spiro atoms. The smallest absolute Gasteiger partial charge is 0.220 e. The second kappa shape index (κ2) is 6.02. The van der Waals surface area contributed by atoms with Crippen molar-refractivity contribution in [2.24, 2.45) is 11.1 Å². The van der Waals surface area contributed by atoms with Crippen molar-refractivity contribution in [1.82, 2.24) is 10.2 Å². The van der Waals surface area contributed by atoms with Crippen LogP contribution >= 0.6 is 0 Å². The van der Waals surface area contributed by atoms with Crippen LogP contribution in [0.5, 0.6) is 0 Å². The summed E-state index contributed by atoms with van der Waals surface area (Å²) in [6.07, 6.45) is 7.89. The molecular weight excluding hydrogens is 226 g/mol. The van der Waals surface area contributed by atoms with E-state index in [9.17, 15) is 4.79 Å². The standard InChI is InChI=1S/C14H27N3O/c1-17-8-3-2-5-12(17)10-16-13(18)9-14(11-15)6-4-7-14/h12H,2-11,15H2,1H3,(H,16,18). The molecule has 1 aliphatic carbocycles. The average Bonchev–Trinajstić information content (AvgIpc) is 2.33. The lowest BCUT2D eigenvalue weighted by atomic mass is 9.66. The number of amides is 1. The van der Waals surface area contributed by atoms with Crippen LogP contribution in [0, 0.1) is 5.41 Å². The van der Waals surface area contributed by atoms with E-state index in [1.807, 2.05) is 0 Å². The Hall–Kier alpha value is -0.610. The fraction of sp³-hybridized carbons (Fsp3) is 0.929. The molecule has 1 amide bonds. The zero-order valence-corrected chi connectivity index (χ0v) is 11.6. The summed E-state index contributed by atoms with van der Waals surface area (Å²) in [7, 11) is 2.16. The lowest BCUT2D eigenvalue weighted by Crippen LogP contribution is -2.47. The minimum atomic E-state index is 0.128. The van der Waals surface area contributed by atoms with Crippen molar-refractivity contribution in [3.63, 3.8) is 0 Å². The number of likely N-dealkylation sites (N-methyl/N-ethyl adjacent to an activating group) is 1. The molecule has 18 heavy (non-hydrogen) atoms. The van der Waals surface area contributed by atoms with E-state index in [0.29, 0.717) is 19.0 Å². The maximum atomic E-state index is 12.0. The molecule has 4 nitrogen and oxygen atoms in total. The molecule has 1 saturated heterocycles. The Labute approximate surface area is 110 Å². The second-order valence-corrected chi connectivity index (χ2v) is 6.17. The summed E-state index contributed by atoms with van der Waals surface area (Å²) in [4.78, 5) is 14.3. The molecule has 2 rings (SSSR count). The van der Waals surface area contributed by atoms with Gasteiger partial charge in [-0.25, -0.2) is 0 Å². The lowest BCUT2D eigenvalue weighted by Gasteiger charge is -2.40. The van der Waals surface area contributed by atoms with E-state index in [1.54, 1.807) is 0 Å². The largest absolute Gasteiger partial charge is 0.355 e. The first kappa shape index (κ1) is 13.8. The molecule has 3 N–H and O–H groups in total. The Morgan fingerprint density at radius 1 is 1.39 bits per heavy atom. The maximum Gasteiger partial charge on any atom is 0.220 e. The third-order valence-corrected chi connectivity index (χ3v) is 4.84. The highest BCUT2D eigenvalue weighted by atomic mass is 16.1. The zero-order valence-electron chi connectivity index (χ0n) is 11.6. The molecule has 2 aliphatic rings. The molecule has 0 aromatic rings. The Balaban J connectivity index is 1.71. The molecule has 1 saturated carbocycles. The van der Waals surface area contributed by atoms with E-state index in [2.05, 4.69) is 17.3 Å². The summed E-state index contributed by atoms with van der Waals surface area (Å²) in [6.45, 7) is 2.62. The SMILES string of the molecule is CN1CCCCC1CNC(=O)CC1(CN)CCC1. The predicted molar refractivity (Wildman–Crippen MR) is 73.2 cm³/mol. The fourth-order valence-corrected chi connectivity index (χ4v) is 3.17. The van der Waals surface area contributed by atoms with Crippen LogP contribution in [0.4, 0.5) is 0 Å². The van der Waals surface area contributed by atoms with Crippen molar-refractivity contribution in [3.05, 3.63) is 0 Å². The van der Waals surface area contributed by atoms with E-state index >= 15 is 0 Å². The third-order valence-electron chi connectivity index (χ3n) is 4.84. The van der Waals surface area contributed by atoms with E-state index in [1.165, 1.54) is 25.7 Å². The number of nitrogens with zero attached hydrogens (tertiary/aromatic N) is 1. The number of nitrogens with two attached hydrogens (primary N) is 1. The molecule has 2 fully saturated rings. The first-order chi connectivity index (χ1) is 8.65. The molecule has 0 aromatic carbocycles. The van der Waals surface area contributed by atoms with Crippen LogP contribution in [0.3, 0.4) is 0 Å². The van der Waals surface area contributed by atoms with Crippen molar-refractivity contribution >= 4 is 5.91 Å². The van der Waals surface area contributed by atoms with Crippen molar-refractivity contribution in [2.45, 2.75) is 51.0 Å². The van der Waals surface area contributed by atoms with Crippen LogP contribution in [0.15, 0.2) is 0 Å². The number of hydrogen-bond donors (Lipinski definition) is 2. The Morgan fingerprint density at radius 2 is 2.17 bits per heavy atom. The van der Waals surface area contributed by atoms with Gasteiger partial charge in [-0.1, -0.05) is 12.8 Å². The van der Waals surface area contributed by atoms with Gasteiger partial charge >= 0.3 is 0 Å². The molecule has 0 bridgehead atoms. The Bertz CT molecular complexity index is 283. The van der Waals surface area contributed by atoms with E-state index in [4.69, 9.17) is 5.73 Å². The van der Waals surface area contributed by atoms with Crippen LogP contribution in [0.25, 0.3) is 0 Å². The molecule has 0 aromatic heterocycles. The lowest BCUT2D eigenvalue weighted by molar-refractivity contribution is -0.125. The van der Waals surface area contributed by atoms with Crippen molar-refractivity contribution in [3.8, 4) is 0 Å². The Morgan fingerprint density at radius 3 is 2.72 bits per heavy atom. The summed E-state index contributed by atoms with van der Waals surface area (Å²) >= 11 is 0. The minimum absolute atomic E-state index is 0.128. The van der Waals surface area contributed by atoms with Gasteiger partial charge in [-0.3, -0.25) is 4.79 Å². The summed E-state index contributed by atoms with van der Waals surface area (Å²) < 4.78 is 0. The van der Waals surface area contributed by atoms with Gasteiger partial charge in [-0.15, -0.1) is 0 Å². The van der Waals surface area contributed by atoms with Gasteiger partial charge in [0.05, 0.1) is 0 Å². The normalized spacial score (nSPS) is 27.6. The number of carbonyl (C=O) groups excluding carboxylic acids is 1. The molecule has 1 heterocycles. The third kappa shape index (κ3) is 3.23. The number of nitrogens with one attached hydrogen (secondary N) is 1. The van der Waals surface area contributed by atoms with Gasteiger partial charge in [-0.2, -0.15) is 0 Å². The van der Waals surface area contributed by atoms with Crippen molar-refractivity contribution in [1.29, 1.82) is 0 Å². The highest BCUT2D eigenvalue weighted by Crippen LogP contribution is 2.42. The summed E-state index contributed by atoms with van der Waals surface area (Å²) in [6, 6.07) is 0.526. The highest BCUT2D eigenvalue weighted by Gasteiger charge is 2.37. The summed E-state index contributed by atoms with van der Waals surface area (Å²) in [5.41, 5.74) is 5.92. The number of rotatable bonds is 5. The van der Waals surface area contributed by atoms with Gasteiger partial charge in [0, 0.05) is 19.0 Å². The van der Waals surface area contributed by atoms with Gasteiger partial charge in [0.1, 0.15) is 0 Å². The molecular formula is C14H27N3O. The summed E-state index contributed by atoms with van der Waals surface area (Å²) in [5.74, 6) is 0.194. The Kier molecular flexibility index (Phi) is 4.62. The van der Waals surface area contributed by atoms with Crippen molar-refractivity contribution < 1.29 is 4.79 Å². The van der Waals surface area contributed by atoms with Gasteiger partial charge in [-0.05, 0) is 51.2 Å². The number of likely N-dealkylation sites (tertiary alicyclic amines) is 1. The van der Waals surface area contributed by atoms with E-state index in [0.717, 1.165) is 25.9 Å². The van der Waals surface area contributed by atoms with Gasteiger partial charge in [0.2, 0.25) is 5.91 Å². The van der Waals surface area contributed by atoms with E-state index < -0.39 is 0 Å². The van der Waals surface area contributed by atoms with Crippen LogP contribution in [-0.4, -0.2) is 43.5 Å². The first-order valence-corrected chi connectivity index (χ1v) is 7.32. The number of carbonyl (C=O) groups is 1. The predicted octanol–water partition coefficient (Wildman–Crippen LogP) is 1.11. The maximum absolute atomic E-state index is 12.0. The van der Waals surface area contributed by atoms with Crippen LogP contribution in [0.2, 0.25) is 0 Å². The zero-order chi connectivity index (χ0) is 13.0. The molecule has 104 valence electrons. The molecule has 0 radical (unpaired) electrons. The van der Waals surface area contributed by atoms with Gasteiger partial charge in [0.15, 0.2) is 0 Å². The quantitative estimate of drug-likeness (QED) is 0.771. The van der Waals surface area contributed by atoms with Crippen LogP contribution in [0.1, 0.15) is 44.9 Å². The minimum Gasteiger partial charge on any atom is -0.355 e. The second-order valence-electron chi connectivity index (χ2n) is 6.17. The van der Waals surface area contributed by atoms with Gasteiger partial charge < -0.3 is 16.0 Å². The molecule has 1 unspecified atom stereocenters. The van der Waals surface area contributed by atoms with E-state index in [-0.39, 0.29) is 11.3 Å². The van der Waals surface area contributed by atoms with Gasteiger partial charge in [0.25, 0.3) is 0 Å². The highest BCUT2D eigenvalue weighted by molar-refractivity contribution is 5.76. The monoisotopic (exact) mass is 253 g/mol. The molecule has 1 aliphatic heterocycles. The molecule has 4 heteroatoms. The van der Waals surface area contributed by atoms with Crippen molar-refractivity contribution in [2.75, 3.05) is 26.7 Å².